The van der Waals surface area contributed by atoms with E-state index in [0.717, 1.165) is 23.2 Å². The first kappa shape index (κ1) is 21.4. The number of rotatable bonds is 6. The molecule has 1 atom stereocenters. The van der Waals surface area contributed by atoms with Gasteiger partial charge < -0.3 is 9.72 Å². The summed E-state index contributed by atoms with van der Waals surface area (Å²) in [7, 11) is -3.48. The lowest BCUT2D eigenvalue weighted by molar-refractivity contribution is 0.0951. The summed E-state index contributed by atoms with van der Waals surface area (Å²) in [6, 6.07) is 19.9. The lowest BCUT2D eigenvalue weighted by Gasteiger charge is -2.17. The Bertz CT molecular complexity index is 1380. The van der Waals surface area contributed by atoms with Crippen LogP contribution < -0.4 is 5.32 Å². The second kappa shape index (κ2) is 8.80. The lowest BCUT2D eigenvalue weighted by Crippen LogP contribution is -2.28. The molecular formula is C25H24N4O3S. The van der Waals surface area contributed by atoms with Gasteiger partial charge in [0.05, 0.1) is 4.90 Å². The maximum atomic E-state index is 12.9. The molecule has 7 nitrogen and oxygen atoms in total. The topological polar surface area (TPSA) is 83.8 Å². The van der Waals surface area contributed by atoms with Crippen LogP contribution in [0.2, 0.25) is 0 Å². The van der Waals surface area contributed by atoms with Crippen LogP contribution in [0.15, 0.2) is 90.2 Å². The zero-order valence-electron chi connectivity index (χ0n) is 18.0. The van der Waals surface area contributed by atoms with E-state index in [1.165, 1.54) is 0 Å². The van der Waals surface area contributed by atoms with E-state index in [2.05, 4.69) is 10.3 Å². The Labute approximate surface area is 192 Å². The summed E-state index contributed by atoms with van der Waals surface area (Å²) in [6.07, 6.45) is 6.29. The van der Waals surface area contributed by atoms with Gasteiger partial charge in [-0.05, 0) is 59.9 Å². The number of sulfonamides is 1. The highest BCUT2D eigenvalue weighted by Crippen LogP contribution is 2.31. The molecule has 168 valence electrons. The molecule has 0 aliphatic carbocycles. The number of imidazole rings is 1. The van der Waals surface area contributed by atoms with Gasteiger partial charge in [0, 0.05) is 43.8 Å². The number of fused-ring (bicyclic) bond motifs is 1. The third-order valence-electron chi connectivity index (χ3n) is 6.09. The van der Waals surface area contributed by atoms with E-state index in [1.807, 2.05) is 47.1 Å². The minimum Gasteiger partial charge on any atom is -0.348 e. The van der Waals surface area contributed by atoms with Crippen LogP contribution in [0, 0.1) is 0 Å². The summed E-state index contributed by atoms with van der Waals surface area (Å²) in [6.45, 7) is 1.35. The summed E-state index contributed by atoms with van der Waals surface area (Å²) >= 11 is 0. The fourth-order valence-electron chi connectivity index (χ4n) is 4.21. The van der Waals surface area contributed by atoms with Crippen LogP contribution in [-0.2, 0) is 16.6 Å². The molecule has 2 aromatic heterocycles. The Kier molecular flexibility index (Phi) is 5.70. The molecule has 1 unspecified atom stereocenters. The Hall–Kier alpha value is -3.49. The maximum absolute atomic E-state index is 12.9. The van der Waals surface area contributed by atoms with E-state index < -0.39 is 10.0 Å². The van der Waals surface area contributed by atoms with Gasteiger partial charge in [0.2, 0.25) is 10.0 Å². The van der Waals surface area contributed by atoms with Gasteiger partial charge in [-0.3, -0.25) is 4.79 Å². The van der Waals surface area contributed by atoms with Crippen molar-refractivity contribution >= 4 is 21.6 Å². The molecule has 1 amide bonds. The average Bonchev–Trinajstić information content (AvgIpc) is 3.53. The van der Waals surface area contributed by atoms with Crippen molar-refractivity contribution in [3.8, 4) is 0 Å². The van der Waals surface area contributed by atoms with Gasteiger partial charge in [0.15, 0.2) is 0 Å². The molecule has 4 aromatic rings. The van der Waals surface area contributed by atoms with E-state index in [-0.39, 0.29) is 11.8 Å². The number of aromatic nitrogens is 2. The first-order valence-electron chi connectivity index (χ1n) is 10.9. The highest BCUT2D eigenvalue weighted by Gasteiger charge is 2.33. The van der Waals surface area contributed by atoms with Crippen molar-refractivity contribution in [3.05, 3.63) is 102 Å². The second-order valence-corrected chi connectivity index (χ2v) is 10.1. The Morgan fingerprint density at radius 1 is 1.03 bits per heavy atom. The third kappa shape index (κ3) is 4.40. The smallest absolute Gasteiger partial charge is 0.251 e. The molecule has 0 bridgehead atoms. The molecule has 1 fully saturated rings. The summed E-state index contributed by atoms with van der Waals surface area (Å²) < 4.78 is 29.2. The first-order valence-corrected chi connectivity index (χ1v) is 12.3. The number of pyridine rings is 1. The number of hydrogen-bond acceptors (Lipinski definition) is 4. The number of hydrogen-bond donors (Lipinski definition) is 1. The van der Waals surface area contributed by atoms with E-state index in [0.29, 0.717) is 30.1 Å². The fourth-order valence-corrected chi connectivity index (χ4v) is 5.73. The quantitative estimate of drug-likeness (QED) is 0.478. The molecule has 3 heterocycles. The van der Waals surface area contributed by atoms with Gasteiger partial charge in [-0.15, -0.1) is 0 Å². The van der Waals surface area contributed by atoms with Gasteiger partial charge in [0.1, 0.15) is 5.65 Å². The normalized spacial score (nSPS) is 16.8. The predicted molar refractivity (Wildman–Crippen MR) is 125 cm³/mol. The number of nitrogens with one attached hydrogen (secondary N) is 1. The van der Waals surface area contributed by atoms with Crippen LogP contribution in [-0.4, -0.2) is 41.1 Å². The zero-order chi connectivity index (χ0) is 22.8. The lowest BCUT2D eigenvalue weighted by atomic mass is 9.97. The third-order valence-corrected chi connectivity index (χ3v) is 7.97. The Morgan fingerprint density at radius 3 is 2.61 bits per heavy atom. The van der Waals surface area contributed by atoms with Crippen molar-refractivity contribution in [2.75, 3.05) is 13.1 Å². The molecule has 8 heteroatoms. The zero-order valence-corrected chi connectivity index (χ0v) is 18.8. The number of carbonyl (C=O) groups is 1. The van der Waals surface area contributed by atoms with Crippen molar-refractivity contribution in [2.45, 2.75) is 23.8 Å². The van der Waals surface area contributed by atoms with Crippen molar-refractivity contribution in [1.29, 1.82) is 0 Å². The second-order valence-electron chi connectivity index (χ2n) is 8.19. The summed E-state index contributed by atoms with van der Waals surface area (Å²) in [5, 5.41) is 2.94. The van der Waals surface area contributed by atoms with Gasteiger partial charge in [-0.2, -0.15) is 4.31 Å². The molecule has 0 spiro atoms. The maximum Gasteiger partial charge on any atom is 0.251 e. The standard InChI is InChI=1S/C25H24N4O3S/c30-25(27-17-19-10-13-28-15-12-26-24(28)16-19)21-8-6-20(7-9-21)22-11-14-29(18-22)33(31,32)23-4-2-1-3-5-23/h1-10,12-13,15-16,22H,11,14,17-18H2,(H,27,30). The minimum absolute atomic E-state index is 0.113. The molecule has 1 saturated heterocycles. The van der Waals surface area contributed by atoms with Crippen molar-refractivity contribution < 1.29 is 13.2 Å². The van der Waals surface area contributed by atoms with Crippen LogP contribution in [0.4, 0.5) is 0 Å². The molecule has 0 radical (unpaired) electrons. The van der Waals surface area contributed by atoms with Crippen LogP contribution >= 0.6 is 0 Å². The molecule has 33 heavy (non-hydrogen) atoms. The van der Waals surface area contributed by atoms with Gasteiger partial charge >= 0.3 is 0 Å². The molecule has 1 aliphatic heterocycles. The minimum atomic E-state index is -3.48. The molecular weight excluding hydrogens is 436 g/mol. The van der Waals surface area contributed by atoms with Crippen LogP contribution in [0.5, 0.6) is 0 Å². The highest BCUT2D eigenvalue weighted by atomic mass is 32.2. The number of nitrogens with zero attached hydrogens (tertiary/aromatic N) is 3. The molecule has 5 rings (SSSR count). The van der Waals surface area contributed by atoms with E-state index in [9.17, 15) is 13.2 Å². The van der Waals surface area contributed by atoms with Crippen molar-refractivity contribution in [2.24, 2.45) is 0 Å². The molecule has 2 aromatic carbocycles. The van der Waals surface area contributed by atoms with Gasteiger partial charge in [0.25, 0.3) is 5.91 Å². The SMILES string of the molecule is O=C(NCc1ccn2ccnc2c1)c1ccc(C2CCN(S(=O)(=O)c3ccccc3)C2)cc1. The number of amides is 1. The largest absolute Gasteiger partial charge is 0.348 e. The van der Waals surface area contributed by atoms with Gasteiger partial charge in [-0.25, -0.2) is 13.4 Å². The van der Waals surface area contributed by atoms with Crippen molar-refractivity contribution in [1.82, 2.24) is 19.0 Å². The summed E-state index contributed by atoms with van der Waals surface area (Å²) in [4.78, 5) is 17.2. The first-order chi connectivity index (χ1) is 16.0. The van der Waals surface area contributed by atoms with E-state index in [1.54, 1.807) is 46.9 Å². The Balaban J connectivity index is 1.21. The number of carbonyl (C=O) groups excluding carboxylic acids is 1. The van der Waals surface area contributed by atoms with E-state index in [4.69, 9.17) is 0 Å². The van der Waals surface area contributed by atoms with Crippen LogP contribution in [0.1, 0.15) is 33.8 Å². The molecule has 1 N–H and O–H groups in total. The van der Waals surface area contributed by atoms with Crippen molar-refractivity contribution in [3.63, 3.8) is 0 Å². The Morgan fingerprint density at radius 2 is 1.82 bits per heavy atom. The van der Waals surface area contributed by atoms with Crippen LogP contribution in [0.25, 0.3) is 5.65 Å². The molecule has 0 saturated carbocycles. The monoisotopic (exact) mass is 460 g/mol. The average molecular weight is 461 g/mol. The number of benzene rings is 2. The van der Waals surface area contributed by atoms with E-state index >= 15 is 0 Å². The summed E-state index contributed by atoms with van der Waals surface area (Å²) in [5.74, 6) is -0.0358. The molecule has 1 aliphatic rings. The predicted octanol–water partition coefficient (Wildman–Crippen LogP) is 3.44. The van der Waals surface area contributed by atoms with Gasteiger partial charge in [-0.1, -0.05) is 30.3 Å². The summed E-state index contributed by atoms with van der Waals surface area (Å²) in [5.41, 5.74) is 3.44. The van der Waals surface area contributed by atoms with Crippen LogP contribution in [0.3, 0.4) is 0 Å². The fraction of sp³-hybridized carbons (Fsp3) is 0.200. The highest BCUT2D eigenvalue weighted by molar-refractivity contribution is 7.89.